The Bertz CT molecular complexity index is 382. The van der Waals surface area contributed by atoms with Crippen LogP contribution in [0.2, 0.25) is 0 Å². The van der Waals surface area contributed by atoms with Crippen LogP contribution in [-0.4, -0.2) is 12.4 Å². The Morgan fingerprint density at radius 2 is 2.25 bits per heavy atom. The molecule has 0 saturated heterocycles. The number of ether oxygens (including phenoxy) is 1. The predicted molar refractivity (Wildman–Crippen MR) is 64.1 cm³/mol. The van der Waals surface area contributed by atoms with Gasteiger partial charge < -0.3 is 4.74 Å². The number of hydrogen-bond acceptors (Lipinski definition) is 2. The van der Waals surface area contributed by atoms with E-state index in [2.05, 4.69) is 0 Å². The molecule has 0 spiro atoms. The first-order valence-electron chi connectivity index (χ1n) is 6.10. The molecule has 0 aromatic heterocycles. The molecule has 1 aromatic carbocycles. The molecular formula is C14H18O2. The summed E-state index contributed by atoms with van der Waals surface area (Å²) in [5.74, 6) is 1.21. The van der Waals surface area contributed by atoms with E-state index in [-0.39, 0.29) is 5.78 Å². The normalized spacial score (nSPS) is 14.8. The number of rotatable bonds is 3. The molecule has 0 fully saturated rings. The first kappa shape index (κ1) is 11.2. The smallest absolute Gasteiger partial charge is 0.162 e. The number of hydrogen-bond donors (Lipinski definition) is 0. The highest BCUT2D eigenvalue weighted by atomic mass is 16.5. The van der Waals surface area contributed by atoms with Gasteiger partial charge in [-0.25, -0.2) is 0 Å². The van der Waals surface area contributed by atoms with Crippen LogP contribution in [0.25, 0.3) is 0 Å². The average molecular weight is 218 g/mol. The molecule has 1 aromatic rings. The number of aryl methyl sites for hydroxylation is 1. The van der Waals surface area contributed by atoms with Gasteiger partial charge in [0.15, 0.2) is 5.78 Å². The number of carbonyl (C=O) groups excluding carboxylic acids is 1. The second kappa shape index (κ2) is 5.15. The molecule has 0 N–H and O–H groups in total. The average Bonchev–Trinajstić information content (AvgIpc) is 2.53. The van der Waals surface area contributed by atoms with Crippen molar-refractivity contribution in [1.82, 2.24) is 0 Å². The molecule has 0 radical (unpaired) electrons. The zero-order chi connectivity index (χ0) is 11.4. The summed E-state index contributed by atoms with van der Waals surface area (Å²) in [5, 5.41) is 0. The molecule has 1 heterocycles. The van der Waals surface area contributed by atoms with Gasteiger partial charge in [0.25, 0.3) is 0 Å². The van der Waals surface area contributed by atoms with Crippen molar-refractivity contribution in [2.24, 2.45) is 0 Å². The molecule has 2 rings (SSSR count). The second-order valence-electron chi connectivity index (χ2n) is 4.30. The van der Waals surface area contributed by atoms with Crippen molar-refractivity contribution in [3.8, 4) is 5.75 Å². The molecule has 0 amide bonds. The zero-order valence-corrected chi connectivity index (χ0v) is 9.79. The second-order valence-corrected chi connectivity index (χ2v) is 4.30. The third kappa shape index (κ3) is 2.43. The first-order chi connectivity index (χ1) is 7.81. The van der Waals surface area contributed by atoms with Crippen LogP contribution in [0.5, 0.6) is 5.75 Å². The van der Waals surface area contributed by atoms with Crippen molar-refractivity contribution in [1.29, 1.82) is 0 Å². The molecule has 16 heavy (non-hydrogen) atoms. The summed E-state index contributed by atoms with van der Waals surface area (Å²) in [6, 6.07) is 5.85. The monoisotopic (exact) mass is 218 g/mol. The van der Waals surface area contributed by atoms with E-state index in [1.807, 2.05) is 25.1 Å². The van der Waals surface area contributed by atoms with Crippen LogP contribution in [0.3, 0.4) is 0 Å². The fraction of sp³-hybridized carbons (Fsp3) is 0.500. The molecule has 1 aliphatic heterocycles. The molecular weight excluding hydrogens is 200 g/mol. The zero-order valence-electron chi connectivity index (χ0n) is 9.79. The molecule has 1 aliphatic rings. The van der Waals surface area contributed by atoms with Crippen molar-refractivity contribution in [3.05, 3.63) is 29.3 Å². The highest BCUT2D eigenvalue weighted by Crippen LogP contribution is 2.25. The third-order valence-electron chi connectivity index (χ3n) is 2.96. The number of Topliss-reactive ketones (excluding diaryl/α,β-unsaturated/α-hetero) is 1. The summed E-state index contributed by atoms with van der Waals surface area (Å²) in [7, 11) is 0. The van der Waals surface area contributed by atoms with Crippen molar-refractivity contribution in [2.75, 3.05) is 6.61 Å². The van der Waals surface area contributed by atoms with E-state index in [4.69, 9.17) is 4.74 Å². The molecule has 86 valence electrons. The lowest BCUT2D eigenvalue weighted by Crippen LogP contribution is -2.00. The van der Waals surface area contributed by atoms with Gasteiger partial charge in [-0.15, -0.1) is 0 Å². The SMILES string of the molecule is CCCC(=O)c1ccc2c(c1)CCCCO2. The summed E-state index contributed by atoms with van der Waals surface area (Å²) in [6.45, 7) is 2.83. The topological polar surface area (TPSA) is 26.3 Å². The first-order valence-corrected chi connectivity index (χ1v) is 6.10. The third-order valence-corrected chi connectivity index (χ3v) is 2.96. The molecule has 0 atom stereocenters. The Morgan fingerprint density at radius 1 is 1.38 bits per heavy atom. The molecule has 0 saturated carbocycles. The van der Waals surface area contributed by atoms with E-state index in [9.17, 15) is 4.79 Å². The molecule has 0 bridgehead atoms. The van der Waals surface area contributed by atoms with Crippen LogP contribution < -0.4 is 4.74 Å². The number of fused-ring (bicyclic) bond motifs is 1. The van der Waals surface area contributed by atoms with Gasteiger partial charge in [0, 0.05) is 12.0 Å². The van der Waals surface area contributed by atoms with E-state index in [0.717, 1.165) is 43.6 Å². The Labute approximate surface area is 96.6 Å². The number of carbonyl (C=O) groups is 1. The summed E-state index contributed by atoms with van der Waals surface area (Å²) >= 11 is 0. The van der Waals surface area contributed by atoms with E-state index in [0.29, 0.717) is 6.42 Å². The molecule has 0 aliphatic carbocycles. The Kier molecular flexibility index (Phi) is 3.60. The Hall–Kier alpha value is -1.31. The predicted octanol–water partition coefficient (Wildman–Crippen LogP) is 3.38. The van der Waals surface area contributed by atoms with E-state index >= 15 is 0 Å². The highest BCUT2D eigenvalue weighted by molar-refractivity contribution is 5.96. The maximum Gasteiger partial charge on any atom is 0.162 e. The van der Waals surface area contributed by atoms with Gasteiger partial charge in [-0.3, -0.25) is 4.79 Å². The van der Waals surface area contributed by atoms with Crippen molar-refractivity contribution in [3.63, 3.8) is 0 Å². The number of benzene rings is 1. The van der Waals surface area contributed by atoms with Gasteiger partial charge in [-0.2, -0.15) is 0 Å². The van der Waals surface area contributed by atoms with Crippen LogP contribution in [0.1, 0.15) is 48.5 Å². The van der Waals surface area contributed by atoms with Gasteiger partial charge in [0.2, 0.25) is 0 Å². The van der Waals surface area contributed by atoms with Crippen LogP contribution in [0.15, 0.2) is 18.2 Å². The Morgan fingerprint density at radius 3 is 3.06 bits per heavy atom. The van der Waals surface area contributed by atoms with Crippen LogP contribution in [-0.2, 0) is 6.42 Å². The summed E-state index contributed by atoms with van der Waals surface area (Å²) < 4.78 is 5.63. The van der Waals surface area contributed by atoms with Crippen molar-refractivity contribution < 1.29 is 9.53 Å². The minimum Gasteiger partial charge on any atom is -0.493 e. The standard InChI is InChI=1S/C14H18O2/c1-2-5-13(15)11-7-8-14-12(10-11)6-3-4-9-16-14/h7-8,10H,2-6,9H2,1H3. The molecule has 0 unspecified atom stereocenters. The minimum atomic E-state index is 0.245. The summed E-state index contributed by atoms with van der Waals surface area (Å²) in [6.07, 6.45) is 4.83. The minimum absolute atomic E-state index is 0.245. The van der Waals surface area contributed by atoms with Crippen LogP contribution in [0.4, 0.5) is 0 Å². The van der Waals surface area contributed by atoms with Crippen LogP contribution >= 0.6 is 0 Å². The van der Waals surface area contributed by atoms with E-state index in [1.54, 1.807) is 0 Å². The van der Waals surface area contributed by atoms with E-state index < -0.39 is 0 Å². The summed E-state index contributed by atoms with van der Waals surface area (Å²) in [4.78, 5) is 11.8. The lowest BCUT2D eigenvalue weighted by molar-refractivity contribution is 0.0981. The van der Waals surface area contributed by atoms with Crippen LogP contribution in [0, 0.1) is 0 Å². The molecule has 2 heteroatoms. The largest absolute Gasteiger partial charge is 0.493 e. The fourth-order valence-corrected chi connectivity index (χ4v) is 2.06. The maximum absolute atomic E-state index is 11.8. The van der Waals surface area contributed by atoms with E-state index in [1.165, 1.54) is 5.56 Å². The lowest BCUT2D eigenvalue weighted by Gasteiger charge is -2.08. The quantitative estimate of drug-likeness (QED) is 0.727. The van der Waals surface area contributed by atoms with Gasteiger partial charge in [-0.05, 0) is 49.4 Å². The number of ketones is 1. The van der Waals surface area contributed by atoms with Gasteiger partial charge in [0.05, 0.1) is 6.61 Å². The van der Waals surface area contributed by atoms with Crippen molar-refractivity contribution >= 4 is 5.78 Å². The highest BCUT2D eigenvalue weighted by Gasteiger charge is 2.12. The molecule has 2 nitrogen and oxygen atoms in total. The summed E-state index contributed by atoms with van der Waals surface area (Å²) in [5.41, 5.74) is 2.03. The Balaban J connectivity index is 2.23. The van der Waals surface area contributed by atoms with Gasteiger partial charge in [0.1, 0.15) is 5.75 Å². The fourth-order valence-electron chi connectivity index (χ4n) is 2.06. The van der Waals surface area contributed by atoms with Gasteiger partial charge in [-0.1, -0.05) is 6.92 Å². The van der Waals surface area contributed by atoms with Gasteiger partial charge >= 0.3 is 0 Å². The maximum atomic E-state index is 11.8. The van der Waals surface area contributed by atoms with Crippen molar-refractivity contribution in [2.45, 2.75) is 39.0 Å². The lowest BCUT2D eigenvalue weighted by atomic mass is 10.0.